The van der Waals surface area contributed by atoms with Crippen molar-refractivity contribution in [3.63, 3.8) is 0 Å². The van der Waals surface area contributed by atoms with Gasteiger partial charge in [-0.2, -0.15) is 0 Å². The molecule has 2 N–H and O–H groups in total. The fraction of sp³-hybridized carbons (Fsp3) is 0.312. The third-order valence-corrected chi connectivity index (χ3v) is 3.41. The van der Waals surface area contributed by atoms with Crippen molar-refractivity contribution in [2.75, 3.05) is 19.0 Å². The van der Waals surface area contributed by atoms with Gasteiger partial charge in [0.05, 0.1) is 23.4 Å². The minimum absolute atomic E-state index is 0.204. The average molecular weight is 367 g/mol. The van der Waals surface area contributed by atoms with Gasteiger partial charge in [-0.1, -0.05) is 0 Å². The van der Waals surface area contributed by atoms with Crippen LogP contribution in [0.25, 0.3) is 0 Å². The summed E-state index contributed by atoms with van der Waals surface area (Å²) in [4.78, 5) is 4.25. The molecule has 1 heterocycles. The van der Waals surface area contributed by atoms with Crippen molar-refractivity contribution in [2.24, 2.45) is 0 Å². The van der Waals surface area contributed by atoms with Gasteiger partial charge >= 0.3 is 0 Å². The molecule has 0 bridgehead atoms. The van der Waals surface area contributed by atoms with Gasteiger partial charge in [0.1, 0.15) is 23.9 Å². The maximum Gasteiger partial charge on any atom is 0.137 e. The first-order chi connectivity index (χ1) is 10.4. The van der Waals surface area contributed by atoms with E-state index < -0.39 is 5.60 Å². The smallest absolute Gasteiger partial charge is 0.137 e. The molecule has 0 saturated heterocycles. The lowest BCUT2D eigenvalue weighted by atomic mass is 10.2. The molecule has 1 aromatic heterocycles. The molecule has 5 nitrogen and oxygen atoms in total. The van der Waals surface area contributed by atoms with Crippen LogP contribution in [0.5, 0.6) is 11.5 Å². The molecular weight excluding hydrogens is 348 g/mol. The predicted octanol–water partition coefficient (Wildman–Crippen LogP) is 3.75. The summed E-state index contributed by atoms with van der Waals surface area (Å²) < 4.78 is 11.5. The monoisotopic (exact) mass is 366 g/mol. The molecule has 6 heteroatoms. The molecule has 2 aromatic rings. The van der Waals surface area contributed by atoms with E-state index in [4.69, 9.17) is 9.47 Å². The second-order valence-electron chi connectivity index (χ2n) is 5.45. The zero-order valence-corrected chi connectivity index (χ0v) is 14.3. The molecule has 2 rings (SSSR count). The van der Waals surface area contributed by atoms with Crippen molar-refractivity contribution in [2.45, 2.75) is 19.4 Å². The van der Waals surface area contributed by atoms with E-state index in [9.17, 15) is 5.11 Å². The van der Waals surface area contributed by atoms with Crippen LogP contribution in [-0.2, 0) is 0 Å². The number of anilines is 2. The number of hydrogen-bond acceptors (Lipinski definition) is 5. The molecule has 0 amide bonds. The number of pyridine rings is 1. The summed E-state index contributed by atoms with van der Waals surface area (Å²) in [5.41, 5.74) is -0.0490. The fourth-order valence-electron chi connectivity index (χ4n) is 1.67. The summed E-state index contributed by atoms with van der Waals surface area (Å²) in [7, 11) is 1.60. The third-order valence-electron chi connectivity index (χ3n) is 2.76. The SMILES string of the molecule is COc1ccc(Nc2ccc(Br)c(OCC(C)(C)O)c2)nc1. The second kappa shape index (κ2) is 6.98. The number of benzene rings is 1. The van der Waals surface area contributed by atoms with Crippen molar-refractivity contribution in [1.82, 2.24) is 4.98 Å². The minimum atomic E-state index is -0.888. The van der Waals surface area contributed by atoms with E-state index in [1.165, 1.54) is 0 Å². The van der Waals surface area contributed by atoms with Gasteiger partial charge in [-0.15, -0.1) is 0 Å². The quantitative estimate of drug-likeness (QED) is 0.814. The van der Waals surface area contributed by atoms with Crippen LogP contribution in [0.15, 0.2) is 41.0 Å². The zero-order chi connectivity index (χ0) is 16.2. The molecular formula is C16H19BrN2O3. The van der Waals surface area contributed by atoms with E-state index in [1.54, 1.807) is 27.2 Å². The van der Waals surface area contributed by atoms with Crippen molar-refractivity contribution >= 4 is 27.4 Å². The number of hydrogen-bond donors (Lipinski definition) is 2. The molecule has 118 valence electrons. The van der Waals surface area contributed by atoms with Crippen molar-refractivity contribution in [3.8, 4) is 11.5 Å². The number of rotatable bonds is 6. The Morgan fingerprint density at radius 3 is 2.64 bits per heavy atom. The van der Waals surface area contributed by atoms with Gasteiger partial charge in [0.25, 0.3) is 0 Å². The molecule has 0 unspecified atom stereocenters. The van der Waals surface area contributed by atoms with Crippen molar-refractivity contribution < 1.29 is 14.6 Å². The number of methoxy groups -OCH3 is 1. The molecule has 0 fully saturated rings. The van der Waals surface area contributed by atoms with Crippen LogP contribution in [-0.4, -0.2) is 29.4 Å². The van der Waals surface area contributed by atoms with Gasteiger partial charge in [-0.05, 0) is 54.0 Å². The van der Waals surface area contributed by atoms with Crippen LogP contribution in [0, 0.1) is 0 Å². The number of halogens is 1. The van der Waals surface area contributed by atoms with Gasteiger partial charge in [0.2, 0.25) is 0 Å². The van der Waals surface area contributed by atoms with Crippen LogP contribution < -0.4 is 14.8 Å². The van der Waals surface area contributed by atoms with Gasteiger partial charge < -0.3 is 19.9 Å². The first kappa shape index (κ1) is 16.6. The molecule has 0 saturated carbocycles. The van der Waals surface area contributed by atoms with Crippen molar-refractivity contribution in [1.29, 1.82) is 0 Å². The second-order valence-corrected chi connectivity index (χ2v) is 6.31. The van der Waals surface area contributed by atoms with E-state index in [1.807, 2.05) is 30.3 Å². The van der Waals surface area contributed by atoms with E-state index in [0.717, 1.165) is 10.2 Å². The maximum absolute atomic E-state index is 9.75. The van der Waals surface area contributed by atoms with Crippen molar-refractivity contribution in [3.05, 3.63) is 41.0 Å². The van der Waals surface area contributed by atoms with Gasteiger partial charge in [-0.25, -0.2) is 4.98 Å². The Kier molecular flexibility index (Phi) is 5.26. The number of nitrogens with zero attached hydrogens (tertiary/aromatic N) is 1. The maximum atomic E-state index is 9.75. The Hall–Kier alpha value is -1.79. The third kappa shape index (κ3) is 4.89. The lowest BCUT2D eigenvalue weighted by Crippen LogP contribution is -2.27. The average Bonchev–Trinajstić information content (AvgIpc) is 2.48. The van der Waals surface area contributed by atoms with Crippen LogP contribution in [0.4, 0.5) is 11.5 Å². The molecule has 1 aromatic carbocycles. The Bertz CT molecular complexity index is 624. The summed E-state index contributed by atoms with van der Waals surface area (Å²) in [6.07, 6.45) is 1.65. The summed E-state index contributed by atoms with van der Waals surface area (Å²) in [5.74, 6) is 2.06. The summed E-state index contributed by atoms with van der Waals surface area (Å²) in [6.45, 7) is 3.60. The highest BCUT2D eigenvalue weighted by Crippen LogP contribution is 2.30. The standard InChI is InChI=1S/C16H19BrN2O3/c1-16(2,20)10-22-14-8-11(4-6-13(14)17)19-15-7-5-12(21-3)9-18-15/h4-9,20H,10H2,1-3H3,(H,18,19). The Morgan fingerprint density at radius 2 is 2.05 bits per heavy atom. The fourth-order valence-corrected chi connectivity index (χ4v) is 2.03. The number of ether oxygens (including phenoxy) is 2. The van der Waals surface area contributed by atoms with Crippen LogP contribution in [0.3, 0.4) is 0 Å². The van der Waals surface area contributed by atoms with E-state index in [2.05, 4.69) is 26.2 Å². The lowest BCUT2D eigenvalue weighted by molar-refractivity contribution is 0.0282. The Balaban J connectivity index is 2.10. The van der Waals surface area contributed by atoms with Crippen LogP contribution >= 0.6 is 15.9 Å². The Labute approximate surface area is 138 Å². The molecule has 0 aliphatic heterocycles. The number of aromatic nitrogens is 1. The van der Waals surface area contributed by atoms with E-state index in [0.29, 0.717) is 17.3 Å². The number of aliphatic hydroxyl groups is 1. The highest BCUT2D eigenvalue weighted by molar-refractivity contribution is 9.10. The van der Waals surface area contributed by atoms with Gasteiger partial charge in [0.15, 0.2) is 0 Å². The normalized spacial score (nSPS) is 11.1. The topological polar surface area (TPSA) is 63.6 Å². The highest BCUT2D eigenvalue weighted by Gasteiger charge is 2.14. The van der Waals surface area contributed by atoms with Crippen LogP contribution in [0.2, 0.25) is 0 Å². The Morgan fingerprint density at radius 1 is 1.27 bits per heavy atom. The molecule has 0 radical (unpaired) electrons. The van der Waals surface area contributed by atoms with Gasteiger partial charge in [0, 0.05) is 11.8 Å². The summed E-state index contributed by atoms with van der Waals surface area (Å²) >= 11 is 3.44. The molecule has 22 heavy (non-hydrogen) atoms. The summed E-state index contributed by atoms with van der Waals surface area (Å²) in [6, 6.07) is 9.30. The van der Waals surface area contributed by atoms with Crippen LogP contribution in [0.1, 0.15) is 13.8 Å². The predicted molar refractivity (Wildman–Crippen MR) is 90.0 cm³/mol. The molecule has 0 aliphatic rings. The molecule has 0 spiro atoms. The summed E-state index contributed by atoms with van der Waals surface area (Å²) in [5, 5.41) is 12.9. The highest BCUT2D eigenvalue weighted by atomic mass is 79.9. The minimum Gasteiger partial charge on any atom is -0.495 e. The number of nitrogens with one attached hydrogen (secondary N) is 1. The van der Waals surface area contributed by atoms with Gasteiger partial charge in [-0.3, -0.25) is 0 Å². The lowest BCUT2D eigenvalue weighted by Gasteiger charge is -2.19. The van der Waals surface area contributed by atoms with E-state index in [-0.39, 0.29) is 6.61 Å². The first-order valence-electron chi connectivity index (χ1n) is 6.79. The first-order valence-corrected chi connectivity index (χ1v) is 7.58. The largest absolute Gasteiger partial charge is 0.495 e. The molecule has 0 atom stereocenters. The van der Waals surface area contributed by atoms with E-state index >= 15 is 0 Å². The molecule has 0 aliphatic carbocycles. The zero-order valence-electron chi connectivity index (χ0n) is 12.8.